The highest BCUT2D eigenvalue weighted by Crippen LogP contribution is 2.38. The van der Waals surface area contributed by atoms with Gasteiger partial charge < -0.3 is 5.32 Å². The Morgan fingerprint density at radius 3 is 2.62 bits per heavy atom. The Hall–Kier alpha value is -2.43. The van der Waals surface area contributed by atoms with Gasteiger partial charge in [0.15, 0.2) is 0 Å². The van der Waals surface area contributed by atoms with E-state index < -0.39 is 0 Å². The highest BCUT2D eigenvalue weighted by molar-refractivity contribution is 7.17. The number of hydrogen-bond acceptors (Lipinski definition) is 4. The number of aryl methyl sites for hydroxylation is 2. The first-order valence-electron chi connectivity index (χ1n) is 8.50. The SMILES string of the molecule is CCc1ccc(-c2csc3ncnc(Nc4ccc(Cl)cc4C)c23)cc1. The van der Waals surface area contributed by atoms with Crippen molar-refractivity contribution in [3.63, 3.8) is 0 Å². The molecular formula is C21H18ClN3S. The van der Waals surface area contributed by atoms with E-state index in [1.807, 2.05) is 25.1 Å². The molecular weight excluding hydrogens is 362 g/mol. The molecule has 0 saturated heterocycles. The zero-order valence-electron chi connectivity index (χ0n) is 14.6. The molecule has 130 valence electrons. The van der Waals surface area contributed by atoms with Crippen molar-refractivity contribution in [3.05, 3.63) is 70.3 Å². The van der Waals surface area contributed by atoms with Gasteiger partial charge in [0.25, 0.3) is 0 Å². The molecule has 4 rings (SSSR count). The van der Waals surface area contributed by atoms with Crippen LogP contribution < -0.4 is 5.32 Å². The fourth-order valence-corrected chi connectivity index (χ4v) is 4.14. The van der Waals surface area contributed by atoms with Crippen molar-refractivity contribution in [2.75, 3.05) is 5.32 Å². The summed E-state index contributed by atoms with van der Waals surface area (Å²) in [4.78, 5) is 9.93. The van der Waals surface area contributed by atoms with E-state index >= 15 is 0 Å². The summed E-state index contributed by atoms with van der Waals surface area (Å²) in [7, 11) is 0. The molecule has 26 heavy (non-hydrogen) atoms. The molecule has 2 heterocycles. The van der Waals surface area contributed by atoms with Gasteiger partial charge >= 0.3 is 0 Å². The first-order valence-corrected chi connectivity index (χ1v) is 9.76. The summed E-state index contributed by atoms with van der Waals surface area (Å²) in [5.74, 6) is 0.816. The molecule has 0 bridgehead atoms. The number of rotatable bonds is 4. The molecule has 0 radical (unpaired) electrons. The van der Waals surface area contributed by atoms with E-state index in [1.54, 1.807) is 17.7 Å². The van der Waals surface area contributed by atoms with Crippen LogP contribution in [0.2, 0.25) is 5.02 Å². The molecule has 0 spiro atoms. The van der Waals surface area contributed by atoms with Crippen LogP contribution in [-0.4, -0.2) is 9.97 Å². The van der Waals surface area contributed by atoms with Crippen molar-refractivity contribution in [1.82, 2.24) is 9.97 Å². The van der Waals surface area contributed by atoms with Gasteiger partial charge in [-0.2, -0.15) is 0 Å². The maximum Gasteiger partial charge on any atom is 0.143 e. The molecule has 0 aliphatic heterocycles. The first kappa shape index (κ1) is 17.0. The van der Waals surface area contributed by atoms with Gasteiger partial charge in [-0.15, -0.1) is 11.3 Å². The third-order valence-corrected chi connectivity index (χ3v) is 5.61. The van der Waals surface area contributed by atoms with Crippen LogP contribution in [0.1, 0.15) is 18.1 Å². The second-order valence-electron chi connectivity index (χ2n) is 6.19. The van der Waals surface area contributed by atoms with Gasteiger partial charge in [-0.1, -0.05) is 42.8 Å². The van der Waals surface area contributed by atoms with E-state index in [1.165, 1.54) is 11.1 Å². The zero-order valence-corrected chi connectivity index (χ0v) is 16.2. The summed E-state index contributed by atoms with van der Waals surface area (Å²) in [5.41, 5.74) is 5.74. The van der Waals surface area contributed by atoms with Crippen molar-refractivity contribution >= 4 is 44.7 Å². The maximum atomic E-state index is 6.08. The number of benzene rings is 2. The summed E-state index contributed by atoms with van der Waals surface area (Å²) in [5, 5.41) is 7.39. The smallest absolute Gasteiger partial charge is 0.143 e. The summed E-state index contributed by atoms with van der Waals surface area (Å²) in [6.45, 7) is 4.20. The molecule has 0 unspecified atom stereocenters. The van der Waals surface area contributed by atoms with Crippen LogP contribution in [0.15, 0.2) is 54.2 Å². The van der Waals surface area contributed by atoms with E-state index in [2.05, 4.69) is 51.9 Å². The minimum Gasteiger partial charge on any atom is -0.339 e. The number of nitrogens with zero attached hydrogens (tertiary/aromatic N) is 2. The van der Waals surface area contributed by atoms with Crippen LogP contribution in [0.4, 0.5) is 11.5 Å². The number of thiophene rings is 1. The molecule has 2 aromatic carbocycles. The predicted octanol–water partition coefficient (Wildman–Crippen LogP) is 6.63. The van der Waals surface area contributed by atoms with E-state index in [9.17, 15) is 0 Å². The largest absolute Gasteiger partial charge is 0.339 e. The molecule has 1 N–H and O–H groups in total. The number of halogens is 1. The van der Waals surface area contributed by atoms with Crippen LogP contribution in [-0.2, 0) is 6.42 Å². The summed E-state index contributed by atoms with van der Waals surface area (Å²) in [6.07, 6.45) is 2.65. The Morgan fingerprint density at radius 2 is 1.88 bits per heavy atom. The normalized spacial score (nSPS) is 11.0. The number of hydrogen-bond donors (Lipinski definition) is 1. The van der Waals surface area contributed by atoms with Crippen molar-refractivity contribution in [1.29, 1.82) is 0 Å². The van der Waals surface area contributed by atoms with Gasteiger partial charge in [0, 0.05) is 21.7 Å². The summed E-state index contributed by atoms with van der Waals surface area (Å²) < 4.78 is 0. The third kappa shape index (κ3) is 3.18. The Balaban J connectivity index is 1.81. The second kappa shape index (κ2) is 7.06. The van der Waals surface area contributed by atoms with Crippen molar-refractivity contribution in [2.45, 2.75) is 20.3 Å². The lowest BCUT2D eigenvalue weighted by atomic mass is 10.0. The van der Waals surface area contributed by atoms with Gasteiger partial charge in [0.05, 0.1) is 5.39 Å². The molecule has 0 amide bonds. The highest BCUT2D eigenvalue weighted by Gasteiger charge is 2.14. The number of aromatic nitrogens is 2. The quantitative estimate of drug-likeness (QED) is 0.432. The lowest BCUT2D eigenvalue weighted by Gasteiger charge is -2.11. The number of nitrogens with one attached hydrogen (secondary N) is 1. The number of fused-ring (bicyclic) bond motifs is 1. The average Bonchev–Trinajstić information content (AvgIpc) is 3.09. The van der Waals surface area contributed by atoms with E-state index in [4.69, 9.17) is 11.6 Å². The highest BCUT2D eigenvalue weighted by atomic mass is 35.5. The fourth-order valence-electron chi connectivity index (χ4n) is 3.00. The topological polar surface area (TPSA) is 37.8 Å². The molecule has 0 aliphatic rings. The van der Waals surface area contributed by atoms with Gasteiger partial charge in [-0.25, -0.2) is 9.97 Å². The minimum absolute atomic E-state index is 0.730. The molecule has 5 heteroatoms. The monoisotopic (exact) mass is 379 g/mol. The molecule has 0 atom stereocenters. The molecule has 4 aromatic rings. The van der Waals surface area contributed by atoms with Gasteiger partial charge in [0.2, 0.25) is 0 Å². The molecule has 2 aromatic heterocycles. The fraction of sp³-hybridized carbons (Fsp3) is 0.143. The minimum atomic E-state index is 0.730. The molecule has 0 aliphatic carbocycles. The average molecular weight is 380 g/mol. The number of anilines is 2. The van der Waals surface area contributed by atoms with Crippen molar-refractivity contribution < 1.29 is 0 Å². The van der Waals surface area contributed by atoms with E-state index in [0.717, 1.165) is 44.3 Å². The molecule has 0 saturated carbocycles. The second-order valence-corrected chi connectivity index (χ2v) is 7.48. The van der Waals surface area contributed by atoms with Crippen LogP contribution in [0.25, 0.3) is 21.3 Å². The van der Waals surface area contributed by atoms with Crippen LogP contribution in [0, 0.1) is 6.92 Å². The van der Waals surface area contributed by atoms with Gasteiger partial charge in [-0.05, 0) is 48.2 Å². The third-order valence-electron chi connectivity index (χ3n) is 4.48. The Labute approximate surface area is 161 Å². The summed E-state index contributed by atoms with van der Waals surface area (Å²) >= 11 is 7.71. The molecule has 3 nitrogen and oxygen atoms in total. The van der Waals surface area contributed by atoms with E-state index in [0.29, 0.717) is 0 Å². The molecule has 0 fully saturated rings. The Kier molecular flexibility index (Phi) is 4.62. The first-order chi connectivity index (χ1) is 12.7. The Morgan fingerprint density at radius 1 is 1.08 bits per heavy atom. The summed E-state index contributed by atoms with van der Waals surface area (Å²) in [6, 6.07) is 14.5. The standard InChI is InChI=1S/C21H18ClN3S/c1-3-14-4-6-15(7-5-14)17-11-26-21-19(17)20(23-12-24-21)25-18-9-8-16(22)10-13(18)2/h4-12H,3H2,1-2H3,(H,23,24,25). The Bertz CT molecular complexity index is 1070. The van der Waals surface area contributed by atoms with Gasteiger partial charge in [0.1, 0.15) is 17.0 Å². The van der Waals surface area contributed by atoms with Crippen molar-refractivity contribution in [3.8, 4) is 11.1 Å². The lowest BCUT2D eigenvalue weighted by Crippen LogP contribution is -1.97. The van der Waals surface area contributed by atoms with Crippen LogP contribution >= 0.6 is 22.9 Å². The lowest BCUT2D eigenvalue weighted by molar-refractivity contribution is 1.14. The van der Waals surface area contributed by atoms with Crippen LogP contribution in [0.3, 0.4) is 0 Å². The van der Waals surface area contributed by atoms with Gasteiger partial charge in [-0.3, -0.25) is 0 Å². The zero-order chi connectivity index (χ0) is 18.1. The maximum absolute atomic E-state index is 6.08. The van der Waals surface area contributed by atoms with E-state index in [-0.39, 0.29) is 0 Å². The van der Waals surface area contributed by atoms with Crippen LogP contribution in [0.5, 0.6) is 0 Å². The van der Waals surface area contributed by atoms with Crippen molar-refractivity contribution in [2.24, 2.45) is 0 Å². The predicted molar refractivity (Wildman–Crippen MR) is 112 cm³/mol.